The number of halogens is 2. The van der Waals surface area contributed by atoms with Gasteiger partial charge in [-0.25, -0.2) is 18.7 Å². The van der Waals surface area contributed by atoms with E-state index in [9.17, 15) is 9.59 Å². The third-order valence-electron chi connectivity index (χ3n) is 9.12. The number of nitrogens with one attached hydrogen (secondary N) is 2. The van der Waals surface area contributed by atoms with E-state index in [1.54, 1.807) is 16.7 Å². The number of likely N-dealkylation sites (tertiary alicyclic amines) is 1. The Balaban J connectivity index is 1.69. The highest BCUT2D eigenvalue weighted by atomic mass is 19.3. The van der Waals surface area contributed by atoms with Gasteiger partial charge in [-0.15, -0.1) is 0 Å². The van der Waals surface area contributed by atoms with Crippen LogP contribution >= 0.6 is 0 Å². The zero-order chi connectivity index (χ0) is 32.6. The van der Waals surface area contributed by atoms with E-state index >= 15 is 8.78 Å². The molecule has 1 aliphatic rings. The summed E-state index contributed by atoms with van der Waals surface area (Å²) in [6, 6.07) is 8.27. The molecule has 1 aromatic carbocycles. The van der Waals surface area contributed by atoms with Gasteiger partial charge in [-0.05, 0) is 82.8 Å². The van der Waals surface area contributed by atoms with Gasteiger partial charge < -0.3 is 15.5 Å². The fourth-order valence-electron chi connectivity index (χ4n) is 6.50. The molecule has 246 valence electrons. The first kappa shape index (κ1) is 34.5. The standard InChI is InChI=1S/C35H50F2N6O2/c1-6-10-25(11-7-2)29-22-30-32(39-23-40-33(30)43(34(29)45)20-17-38-31(44)12-8-3)41-24(4)26-13-9-14-28(21-26)35(36,37)27-15-18-42(5)19-16-27/h9,13-14,21-25,27H,6-8,10-12,15-20H2,1-5H3,(H,38,44)(H,39,40,41)/t24-/m1/s1. The van der Waals surface area contributed by atoms with Gasteiger partial charge in [0.05, 0.1) is 5.39 Å². The van der Waals surface area contributed by atoms with Crippen LogP contribution in [0.5, 0.6) is 0 Å². The van der Waals surface area contributed by atoms with E-state index in [1.807, 2.05) is 33.0 Å². The minimum atomic E-state index is -2.91. The van der Waals surface area contributed by atoms with Crippen molar-refractivity contribution in [2.75, 3.05) is 32.0 Å². The van der Waals surface area contributed by atoms with E-state index < -0.39 is 11.8 Å². The van der Waals surface area contributed by atoms with E-state index in [4.69, 9.17) is 0 Å². The average Bonchev–Trinajstić information content (AvgIpc) is 3.02. The van der Waals surface area contributed by atoms with Crippen LogP contribution in [0.15, 0.2) is 41.5 Å². The van der Waals surface area contributed by atoms with Gasteiger partial charge in [-0.2, -0.15) is 0 Å². The zero-order valence-corrected chi connectivity index (χ0v) is 27.5. The summed E-state index contributed by atoms with van der Waals surface area (Å²) in [4.78, 5) is 37.2. The lowest BCUT2D eigenvalue weighted by molar-refractivity contribution is -0.121. The molecule has 0 unspecified atom stereocenters. The van der Waals surface area contributed by atoms with E-state index in [-0.39, 0.29) is 35.5 Å². The lowest BCUT2D eigenvalue weighted by Gasteiger charge is -2.34. The Morgan fingerprint density at radius 3 is 2.44 bits per heavy atom. The molecule has 1 atom stereocenters. The monoisotopic (exact) mass is 624 g/mol. The average molecular weight is 625 g/mol. The Morgan fingerprint density at radius 1 is 1.07 bits per heavy atom. The Hall–Kier alpha value is -3.40. The molecule has 2 aromatic heterocycles. The predicted octanol–water partition coefficient (Wildman–Crippen LogP) is 7.00. The van der Waals surface area contributed by atoms with E-state index in [2.05, 4.69) is 39.3 Å². The summed E-state index contributed by atoms with van der Waals surface area (Å²) in [5.41, 5.74) is 1.87. The van der Waals surface area contributed by atoms with Crippen LogP contribution in [0.4, 0.5) is 14.6 Å². The van der Waals surface area contributed by atoms with Crippen molar-refractivity contribution in [3.63, 3.8) is 0 Å². The second-order valence-electron chi connectivity index (χ2n) is 12.6. The summed E-state index contributed by atoms with van der Waals surface area (Å²) in [5, 5.41) is 7.06. The van der Waals surface area contributed by atoms with Gasteiger partial charge in [-0.3, -0.25) is 14.2 Å². The number of pyridine rings is 1. The highest BCUT2D eigenvalue weighted by Gasteiger charge is 2.42. The van der Waals surface area contributed by atoms with Gasteiger partial charge >= 0.3 is 0 Å². The predicted molar refractivity (Wildman–Crippen MR) is 177 cm³/mol. The Labute approximate surface area is 266 Å². The zero-order valence-electron chi connectivity index (χ0n) is 27.5. The van der Waals surface area contributed by atoms with Crippen LogP contribution in [0.3, 0.4) is 0 Å². The third kappa shape index (κ3) is 8.26. The minimum absolute atomic E-state index is 0.0407. The molecule has 45 heavy (non-hydrogen) atoms. The molecule has 1 saturated heterocycles. The normalized spacial score (nSPS) is 15.5. The van der Waals surface area contributed by atoms with Crippen LogP contribution in [0.1, 0.15) is 108 Å². The maximum Gasteiger partial charge on any atom is 0.276 e. The highest BCUT2D eigenvalue weighted by molar-refractivity contribution is 5.87. The van der Waals surface area contributed by atoms with Crippen LogP contribution in [-0.4, -0.2) is 52.0 Å². The lowest BCUT2D eigenvalue weighted by Crippen LogP contribution is -2.37. The van der Waals surface area contributed by atoms with Crippen LogP contribution in [0.25, 0.3) is 11.0 Å². The number of benzene rings is 1. The number of aromatic nitrogens is 3. The Kier molecular flexibility index (Phi) is 12.1. The number of carbonyl (C=O) groups excluding carboxylic acids is 1. The van der Waals surface area contributed by atoms with Crippen molar-refractivity contribution >= 4 is 22.8 Å². The number of rotatable bonds is 15. The first-order valence-corrected chi connectivity index (χ1v) is 16.7. The number of piperidine rings is 1. The molecule has 1 aliphatic heterocycles. The molecule has 2 N–H and O–H groups in total. The molecule has 4 rings (SSSR count). The molecule has 0 aliphatic carbocycles. The molecule has 0 saturated carbocycles. The Bertz CT molecular complexity index is 1480. The van der Waals surface area contributed by atoms with Crippen molar-refractivity contribution < 1.29 is 13.6 Å². The SMILES string of the molecule is CCCC(=O)NCCn1c(=O)c(C(CCC)CCC)cc2c(N[C@H](C)c3cccc(C(F)(F)C4CCN(C)CC4)c3)ncnc21. The Morgan fingerprint density at radius 2 is 1.78 bits per heavy atom. The van der Waals surface area contributed by atoms with Crippen molar-refractivity contribution in [1.82, 2.24) is 24.8 Å². The molecule has 10 heteroatoms. The summed E-state index contributed by atoms with van der Waals surface area (Å²) in [6.45, 7) is 10.1. The highest BCUT2D eigenvalue weighted by Crippen LogP contribution is 2.42. The minimum Gasteiger partial charge on any atom is -0.363 e. The number of fused-ring (bicyclic) bond motifs is 1. The van der Waals surface area contributed by atoms with E-state index in [0.29, 0.717) is 55.7 Å². The molecule has 3 aromatic rings. The van der Waals surface area contributed by atoms with Gasteiger partial charge in [0.15, 0.2) is 0 Å². The van der Waals surface area contributed by atoms with Crippen LogP contribution in [0, 0.1) is 5.92 Å². The second kappa shape index (κ2) is 15.7. The van der Waals surface area contributed by atoms with Crippen LogP contribution < -0.4 is 16.2 Å². The topological polar surface area (TPSA) is 92.2 Å². The number of anilines is 1. The molecule has 0 radical (unpaired) electrons. The van der Waals surface area contributed by atoms with Gasteiger partial charge in [0, 0.05) is 42.6 Å². The number of nitrogens with zero attached hydrogens (tertiary/aromatic N) is 4. The fourth-order valence-corrected chi connectivity index (χ4v) is 6.50. The van der Waals surface area contributed by atoms with E-state index in [1.165, 1.54) is 12.4 Å². The van der Waals surface area contributed by atoms with Gasteiger partial charge in [-0.1, -0.05) is 51.8 Å². The number of amides is 1. The summed E-state index contributed by atoms with van der Waals surface area (Å²) < 4.78 is 33.0. The summed E-state index contributed by atoms with van der Waals surface area (Å²) in [7, 11) is 1.97. The maximum absolute atomic E-state index is 15.7. The number of hydrogen-bond donors (Lipinski definition) is 2. The van der Waals surface area contributed by atoms with Crippen molar-refractivity contribution in [3.05, 3.63) is 63.7 Å². The second-order valence-corrected chi connectivity index (χ2v) is 12.6. The maximum atomic E-state index is 15.7. The largest absolute Gasteiger partial charge is 0.363 e. The first-order chi connectivity index (χ1) is 21.6. The molecular weight excluding hydrogens is 574 g/mol. The molecule has 1 fully saturated rings. The number of carbonyl (C=O) groups is 1. The van der Waals surface area contributed by atoms with Gasteiger partial charge in [0.25, 0.3) is 11.5 Å². The van der Waals surface area contributed by atoms with Crippen molar-refractivity contribution in [2.45, 2.75) is 103 Å². The quantitative estimate of drug-likeness (QED) is 0.189. The van der Waals surface area contributed by atoms with Crippen molar-refractivity contribution in [3.8, 4) is 0 Å². The third-order valence-corrected chi connectivity index (χ3v) is 9.12. The number of alkyl halides is 2. The molecule has 8 nitrogen and oxygen atoms in total. The van der Waals surface area contributed by atoms with Crippen molar-refractivity contribution in [2.24, 2.45) is 5.92 Å². The number of hydrogen-bond acceptors (Lipinski definition) is 6. The molecule has 0 bridgehead atoms. The summed E-state index contributed by atoms with van der Waals surface area (Å²) in [6.07, 6.45) is 7.20. The first-order valence-electron chi connectivity index (χ1n) is 16.7. The molecule has 0 spiro atoms. The summed E-state index contributed by atoms with van der Waals surface area (Å²) >= 11 is 0. The van der Waals surface area contributed by atoms with Gasteiger partial charge in [0.1, 0.15) is 17.8 Å². The fraction of sp³-hybridized carbons (Fsp3) is 0.600. The van der Waals surface area contributed by atoms with Crippen LogP contribution in [0.2, 0.25) is 0 Å². The van der Waals surface area contributed by atoms with Crippen LogP contribution in [-0.2, 0) is 17.3 Å². The molecule has 1 amide bonds. The molecular formula is C35H50F2N6O2. The van der Waals surface area contributed by atoms with Crippen molar-refractivity contribution in [1.29, 1.82) is 0 Å². The summed E-state index contributed by atoms with van der Waals surface area (Å²) in [5.74, 6) is -3.02. The lowest BCUT2D eigenvalue weighted by atomic mass is 9.86. The smallest absolute Gasteiger partial charge is 0.276 e. The van der Waals surface area contributed by atoms with Gasteiger partial charge in [0.2, 0.25) is 5.91 Å². The molecule has 3 heterocycles. The van der Waals surface area contributed by atoms with E-state index in [0.717, 1.165) is 43.2 Å².